The largest absolute Gasteiger partial charge is 0.461 e. The molecule has 2 aliphatic heterocycles. The monoisotopic (exact) mass is 484 g/mol. The number of fused-ring (bicyclic) bond motifs is 6. The summed E-state index contributed by atoms with van der Waals surface area (Å²) in [7, 11) is 0. The van der Waals surface area contributed by atoms with Crippen LogP contribution in [0.3, 0.4) is 0 Å². The Labute approximate surface area is 212 Å². The number of piperidine rings is 1. The van der Waals surface area contributed by atoms with E-state index in [9.17, 15) is 4.79 Å². The van der Waals surface area contributed by atoms with Crippen LogP contribution in [0.2, 0.25) is 0 Å². The zero-order valence-electron chi connectivity index (χ0n) is 22.5. The molecule has 2 saturated heterocycles. The summed E-state index contributed by atoms with van der Waals surface area (Å²) >= 11 is 0. The van der Waals surface area contributed by atoms with Gasteiger partial charge in [0.05, 0.1) is 18.2 Å². The van der Waals surface area contributed by atoms with Gasteiger partial charge < -0.3 is 20.5 Å². The minimum absolute atomic E-state index is 0.00134. The molecule has 0 bridgehead atoms. The highest BCUT2D eigenvalue weighted by atomic mass is 16.5. The van der Waals surface area contributed by atoms with Crippen molar-refractivity contribution < 1.29 is 14.3 Å². The molecule has 3 saturated carbocycles. The Hall–Kier alpha value is -0.910. The second-order valence-corrected chi connectivity index (χ2v) is 13.8. The number of allylic oxidation sites excluding steroid dienone is 1. The summed E-state index contributed by atoms with van der Waals surface area (Å²) in [6.07, 6.45) is 12.5. The first-order valence-corrected chi connectivity index (χ1v) is 14.7. The van der Waals surface area contributed by atoms with E-state index >= 15 is 0 Å². The van der Waals surface area contributed by atoms with E-state index in [0.717, 1.165) is 43.6 Å². The van der Waals surface area contributed by atoms with Gasteiger partial charge in [-0.05, 0) is 113 Å². The van der Waals surface area contributed by atoms with Crippen LogP contribution in [-0.4, -0.2) is 42.9 Å². The highest BCUT2D eigenvalue weighted by Gasteiger charge is 2.59. The molecule has 0 radical (unpaired) electrons. The zero-order valence-corrected chi connectivity index (χ0v) is 22.5. The lowest BCUT2D eigenvalue weighted by molar-refractivity contribution is -0.155. The van der Waals surface area contributed by atoms with E-state index in [1.165, 1.54) is 44.9 Å². The molecule has 5 heteroatoms. The number of rotatable bonds is 2. The fraction of sp³-hybridized carbons (Fsp3) is 0.900. The molecule has 1 spiro atoms. The normalized spacial score (nSPS) is 51.3. The molecule has 2 heterocycles. The molecule has 5 nitrogen and oxygen atoms in total. The van der Waals surface area contributed by atoms with Crippen LogP contribution >= 0.6 is 0 Å². The van der Waals surface area contributed by atoms with Crippen LogP contribution in [0.1, 0.15) is 91.9 Å². The van der Waals surface area contributed by atoms with E-state index in [1.54, 1.807) is 5.57 Å². The first-order chi connectivity index (χ1) is 16.7. The van der Waals surface area contributed by atoms with Crippen molar-refractivity contribution in [2.24, 2.45) is 46.7 Å². The number of hydrogen-bond donors (Lipinski definition) is 2. The fourth-order valence-corrected chi connectivity index (χ4v) is 10.1. The summed E-state index contributed by atoms with van der Waals surface area (Å²) < 4.78 is 12.7. The van der Waals surface area contributed by atoms with Gasteiger partial charge >= 0.3 is 5.97 Å². The molecule has 6 aliphatic rings. The molecule has 0 aromatic carbocycles. The lowest BCUT2D eigenvalue weighted by atomic mass is 9.52. The Morgan fingerprint density at radius 2 is 2.00 bits per heavy atom. The Bertz CT molecular complexity index is 887. The van der Waals surface area contributed by atoms with E-state index in [4.69, 9.17) is 15.2 Å². The van der Waals surface area contributed by atoms with Crippen LogP contribution in [0.25, 0.3) is 0 Å². The van der Waals surface area contributed by atoms with Crippen molar-refractivity contribution in [1.29, 1.82) is 0 Å². The van der Waals surface area contributed by atoms with Crippen molar-refractivity contribution in [3.05, 3.63) is 11.1 Å². The van der Waals surface area contributed by atoms with E-state index in [1.807, 2.05) is 5.57 Å². The van der Waals surface area contributed by atoms with Crippen molar-refractivity contribution in [2.45, 2.75) is 116 Å². The fourth-order valence-electron chi connectivity index (χ4n) is 10.1. The number of nitrogens with one attached hydrogen (secondary N) is 1. The van der Waals surface area contributed by atoms with E-state index in [2.05, 4.69) is 33.0 Å². The number of hydrogen-bond acceptors (Lipinski definition) is 5. The summed E-state index contributed by atoms with van der Waals surface area (Å²) in [5.41, 5.74) is 9.40. The zero-order chi connectivity index (χ0) is 24.5. The molecule has 0 aromatic rings. The summed E-state index contributed by atoms with van der Waals surface area (Å²) in [6, 6.07) is 0.535. The minimum Gasteiger partial charge on any atom is -0.461 e. The molecule has 0 amide bonds. The second kappa shape index (κ2) is 8.84. The van der Waals surface area contributed by atoms with E-state index in [0.29, 0.717) is 35.3 Å². The molecular formula is C30H48N2O3. The lowest BCUT2D eigenvalue weighted by Gasteiger charge is -2.54. The Morgan fingerprint density at radius 3 is 2.80 bits per heavy atom. The van der Waals surface area contributed by atoms with Crippen LogP contribution < -0.4 is 11.1 Å². The predicted octanol–water partition coefficient (Wildman–Crippen LogP) is 4.98. The Balaban J connectivity index is 1.21. The topological polar surface area (TPSA) is 73.6 Å². The SMILES string of the molecule is CC1=C2CC3[C@@H](CC[C@@H]4C[C@H](OC(=O)CN)CC[C@]34C)[C@@H]2CC[C@@]2(C1)O[C@@H]1C[C@H](C)CNC1[C@H]2C. The molecule has 2 unspecified atom stereocenters. The van der Waals surface area contributed by atoms with Crippen molar-refractivity contribution in [1.82, 2.24) is 5.32 Å². The van der Waals surface area contributed by atoms with Crippen molar-refractivity contribution in [3.63, 3.8) is 0 Å². The molecule has 11 atom stereocenters. The van der Waals surface area contributed by atoms with Crippen LogP contribution in [-0.2, 0) is 14.3 Å². The third-order valence-corrected chi connectivity index (χ3v) is 12.0. The highest BCUT2D eigenvalue weighted by molar-refractivity contribution is 5.71. The van der Waals surface area contributed by atoms with Gasteiger partial charge in [-0.2, -0.15) is 0 Å². The van der Waals surface area contributed by atoms with Crippen LogP contribution in [0.15, 0.2) is 11.1 Å². The van der Waals surface area contributed by atoms with Gasteiger partial charge in [0.1, 0.15) is 6.10 Å². The third-order valence-electron chi connectivity index (χ3n) is 12.0. The quantitative estimate of drug-likeness (QED) is 0.427. The third kappa shape index (κ3) is 3.85. The molecular weight excluding hydrogens is 436 g/mol. The summed E-state index contributed by atoms with van der Waals surface area (Å²) in [6.45, 7) is 11.0. The van der Waals surface area contributed by atoms with Crippen LogP contribution in [0, 0.1) is 40.9 Å². The van der Waals surface area contributed by atoms with Crippen molar-refractivity contribution in [2.75, 3.05) is 13.1 Å². The molecule has 0 aromatic heterocycles. The van der Waals surface area contributed by atoms with Gasteiger partial charge in [-0.3, -0.25) is 4.79 Å². The first-order valence-electron chi connectivity index (χ1n) is 14.7. The van der Waals surface area contributed by atoms with Crippen molar-refractivity contribution >= 4 is 5.97 Å². The smallest absolute Gasteiger partial charge is 0.319 e. The summed E-state index contributed by atoms with van der Waals surface area (Å²) in [5, 5.41) is 3.86. The first kappa shape index (κ1) is 24.4. The van der Waals surface area contributed by atoms with Gasteiger partial charge in [-0.15, -0.1) is 0 Å². The maximum Gasteiger partial charge on any atom is 0.319 e. The molecule has 3 N–H and O–H groups in total. The van der Waals surface area contributed by atoms with Gasteiger partial charge in [-0.25, -0.2) is 0 Å². The molecule has 5 fully saturated rings. The van der Waals surface area contributed by atoms with Gasteiger partial charge in [0.2, 0.25) is 0 Å². The molecule has 4 aliphatic carbocycles. The van der Waals surface area contributed by atoms with Gasteiger partial charge in [0.25, 0.3) is 0 Å². The number of carbonyl (C=O) groups excluding carboxylic acids is 1. The maximum atomic E-state index is 11.8. The summed E-state index contributed by atoms with van der Waals surface area (Å²) in [5.74, 6) is 4.13. The Morgan fingerprint density at radius 1 is 1.17 bits per heavy atom. The minimum atomic E-state index is -0.238. The van der Waals surface area contributed by atoms with Gasteiger partial charge in [0, 0.05) is 12.0 Å². The maximum absolute atomic E-state index is 11.8. The second-order valence-electron chi connectivity index (χ2n) is 13.8. The predicted molar refractivity (Wildman–Crippen MR) is 138 cm³/mol. The van der Waals surface area contributed by atoms with Crippen molar-refractivity contribution in [3.8, 4) is 0 Å². The standard InChI is InChI=1S/C30H48N2O3/c1-17-11-26-28(32-16-17)19(3)30(35-26)10-8-22-23-6-5-20-12-21(34-27(33)15-31)7-9-29(20,4)25(23)13-24(22)18(2)14-30/h17,19-23,25-26,28,32H,5-16,31H2,1-4H3/t17-,19+,20+,21+,22-,23-,25?,26+,28?,29-,30-/m0/s1. The van der Waals surface area contributed by atoms with Gasteiger partial charge in [0.15, 0.2) is 0 Å². The highest BCUT2D eigenvalue weighted by Crippen LogP contribution is 2.65. The number of ether oxygens (including phenoxy) is 2. The Kier molecular flexibility index (Phi) is 6.17. The number of nitrogens with two attached hydrogens (primary N) is 1. The molecule has 35 heavy (non-hydrogen) atoms. The van der Waals surface area contributed by atoms with E-state index in [-0.39, 0.29) is 24.2 Å². The number of carbonyl (C=O) groups is 1. The van der Waals surface area contributed by atoms with E-state index < -0.39 is 0 Å². The molecule has 196 valence electrons. The molecule has 6 rings (SSSR count). The lowest BCUT2D eigenvalue weighted by Crippen LogP contribution is -2.49. The number of esters is 1. The van der Waals surface area contributed by atoms with Gasteiger partial charge in [-0.1, -0.05) is 31.9 Å². The summed E-state index contributed by atoms with van der Waals surface area (Å²) in [4.78, 5) is 11.8. The average Bonchev–Trinajstić information content (AvgIpc) is 3.29. The van der Waals surface area contributed by atoms with Crippen LogP contribution in [0.4, 0.5) is 0 Å². The average molecular weight is 485 g/mol. The van der Waals surface area contributed by atoms with Crippen LogP contribution in [0.5, 0.6) is 0 Å².